The van der Waals surface area contributed by atoms with Crippen molar-refractivity contribution in [3.8, 4) is 0 Å². The van der Waals surface area contributed by atoms with E-state index < -0.39 is 11.6 Å². The zero-order valence-electron chi connectivity index (χ0n) is 12.1. The lowest BCUT2D eigenvalue weighted by Crippen LogP contribution is -2.43. The zero-order valence-corrected chi connectivity index (χ0v) is 12.1. The molecule has 3 nitrogen and oxygen atoms in total. The molecule has 0 aromatic heterocycles. The van der Waals surface area contributed by atoms with Gasteiger partial charge in [0.25, 0.3) is 0 Å². The van der Waals surface area contributed by atoms with Crippen LogP contribution in [0.3, 0.4) is 0 Å². The highest BCUT2D eigenvalue weighted by atomic mass is 19.2. The number of benzene rings is 1. The summed E-state index contributed by atoms with van der Waals surface area (Å²) >= 11 is 0. The Hall–Kier alpha value is -1.04. The molecule has 1 aromatic carbocycles. The van der Waals surface area contributed by atoms with E-state index in [-0.39, 0.29) is 6.04 Å². The van der Waals surface area contributed by atoms with Gasteiger partial charge in [0, 0.05) is 31.7 Å². The second-order valence-corrected chi connectivity index (χ2v) is 5.63. The summed E-state index contributed by atoms with van der Waals surface area (Å²) in [5.74, 6) is -1.62. The molecule has 2 N–H and O–H groups in total. The summed E-state index contributed by atoms with van der Waals surface area (Å²) in [6, 6.07) is 4.36. The number of likely N-dealkylation sites (N-methyl/N-ethyl adjacent to an activating group) is 1. The highest BCUT2D eigenvalue weighted by Gasteiger charge is 2.27. The Bertz CT molecular complexity index is 453. The second-order valence-electron chi connectivity index (χ2n) is 5.63. The van der Waals surface area contributed by atoms with Crippen LogP contribution >= 0.6 is 0 Å². The van der Waals surface area contributed by atoms with Crippen molar-refractivity contribution in [2.45, 2.75) is 25.4 Å². The van der Waals surface area contributed by atoms with E-state index in [2.05, 4.69) is 23.8 Å². The number of hydrogen-bond acceptors (Lipinski definition) is 3. The van der Waals surface area contributed by atoms with Crippen molar-refractivity contribution in [2.24, 2.45) is 5.73 Å². The quantitative estimate of drug-likeness (QED) is 0.921. The van der Waals surface area contributed by atoms with Crippen LogP contribution in [0.4, 0.5) is 8.78 Å². The summed E-state index contributed by atoms with van der Waals surface area (Å²) in [6.07, 6.45) is 1.06. The molecule has 112 valence electrons. The van der Waals surface area contributed by atoms with Crippen LogP contribution in [0.5, 0.6) is 0 Å². The second kappa shape index (κ2) is 6.61. The molecule has 5 heteroatoms. The predicted octanol–water partition coefficient (Wildman–Crippen LogP) is 1.99. The topological polar surface area (TPSA) is 32.5 Å². The normalized spacial score (nSPS) is 23.6. The van der Waals surface area contributed by atoms with Crippen molar-refractivity contribution in [3.05, 3.63) is 35.4 Å². The minimum absolute atomic E-state index is 0.0633. The third kappa shape index (κ3) is 3.34. The van der Waals surface area contributed by atoms with Crippen molar-refractivity contribution in [1.29, 1.82) is 0 Å². The van der Waals surface area contributed by atoms with Crippen LogP contribution in [0.1, 0.15) is 24.9 Å². The van der Waals surface area contributed by atoms with Gasteiger partial charge in [-0.15, -0.1) is 0 Å². The Kier molecular flexibility index (Phi) is 5.07. The lowest BCUT2D eigenvalue weighted by Gasteiger charge is -2.35. The number of hydrogen-bond donors (Lipinski definition) is 1. The molecule has 1 aliphatic rings. The summed E-state index contributed by atoms with van der Waals surface area (Å²) in [6.45, 7) is 5.49. The molecular formula is C15H23F2N3. The van der Waals surface area contributed by atoms with Crippen LogP contribution in [-0.4, -0.2) is 49.1 Å². The van der Waals surface area contributed by atoms with Gasteiger partial charge in [-0.1, -0.05) is 6.07 Å². The van der Waals surface area contributed by atoms with Gasteiger partial charge in [-0.25, -0.2) is 8.78 Å². The first-order valence-electron chi connectivity index (χ1n) is 7.12. The van der Waals surface area contributed by atoms with Crippen molar-refractivity contribution in [2.75, 3.05) is 33.2 Å². The summed E-state index contributed by atoms with van der Waals surface area (Å²) in [5, 5.41) is 0. The molecule has 1 heterocycles. The van der Waals surface area contributed by atoms with Crippen LogP contribution in [0.15, 0.2) is 18.2 Å². The maximum absolute atomic E-state index is 13.4. The molecule has 2 atom stereocenters. The molecule has 1 saturated heterocycles. The maximum Gasteiger partial charge on any atom is 0.159 e. The highest BCUT2D eigenvalue weighted by molar-refractivity contribution is 5.22. The Morgan fingerprint density at radius 3 is 2.70 bits per heavy atom. The fraction of sp³-hybridized carbons (Fsp3) is 0.600. The monoisotopic (exact) mass is 283 g/mol. The lowest BCUT2D eigenvalue weighted by atomic mass is 10.0. The molecule has 0 amide bonds. The average molecular weight is 283 g/mol. The molecule has 1 aromatic rings. The van der Waals surface area contributed by atoms with E-state index in [1.54, 1.807) is 6.07 Å². The van der Waals surface area contributed by atoms with Gasteiger partial charge in [-0.3, -0.25) is 4.90 Å². The fourth-order valence-electron chi connectivity index (χ4n) is 3.04. The van der Waals surface area contributed by atoms with Crippen molar-refractivity contribution >= 4 is 0 Å². The minimum Gasteiger partial charge on any atom is -0.329 e. The molecule has 0 aliphatic carbocycles. The van der Waals surface area contributed by atoms with E-state index >= 15 is 0 Å². The first kappa shape index (κ1) is 15.4. The highest BCUT2D eigenvalue weighted by Crippen LogP contribution is 2.25. The summed E-state index contributed by atoms with van der Waals surface area (Å²) in [4.78, 5) is 4.60. The van der Waals surface area contributed by atoms with Gasteiger partial charge < -0.3 is 10.6 Å². The standard InChI is InChI=1S/C15H23F2N3/c1-11-10-19(2)6-3-7-20(11)15(9-18)12-4-5-13(16)14(17)8-12/h4-5,8,11,15H,3,6-7,9-10,18H2,1-2H3. The van der Waals surface area contributed by atoms with E-state index in [0.717, 1.165) is 31.6 Å². The van der Waals surface area contributed by atoms with Crippen molar-refractivity contribution < 1.29 is 8.78 Å². The first-order valence-corrected chi connectivity index (χ1v) is 7.12. The molecule has 1 fully saturated rings. The molecule has 2 unspecified atom stereocenters. The van der Waals surface area contributed by atoms with Crippen LogP contribution < -0.4 is 5.73 Å². The van der Waals surface area contributed by atoms with Gasteiger partial charge in [0.1, 0.15) is 0 Å². The fourth-order valence-corrected chi connectivity index (χ4v) is 3.04. The largest absolute Gasteiger partial charge is 0.329 e. The third-order valence-corrected chi connectivity index (χ3v) is 4.05. The Morgan fingerprint density at radius 1 is 1.30 bits per heavy atom. The number of nitrogens with zero attached hydrogens (tertiary/aromatic N) is 2. The molecular weight excluding hydrogens is 260 g/mol. The zero-order chi connectivity index (χ0) is 14.7. The van der Waals surface area contributed by atoms with E-state index in [1.165, 1.54) is 12.1 Å². The number of nitrogens with two attached hydrogens (primary N) is 1. The summed E-state index contributed by atoms with van der Waals surface area (Å²) < 4.78 is 26.5. The molecule has 0 bridgehead atoms. The smallest absolute Gasteiger partial charge is 0.159 e. The van der Waals surface area contributed by atoms with E-state index in [1.807, 2.05) is 0 Å². The van der Waals surface area contributed by atoms with Crippen molar-refractivity contribution in [1.82, 2.24) is 9.80 Å². The number of halogens is 2. The summed E-state index contributed by atoms with van der Waals surface area (Å²) in [7, 11) is 2.11. The van der Waals surface area contributed by atoms with Gasteiger partial charge in [0.05, 0.1) is 0 Å². The molecule has 1 aliphatic heterocycles. The Labute approximate surface area is 119 Å². The van der Waals surface area contributed by atoms with Gasteiger partial charge in [0.15, 0.2) is 11.6 Å². The van der Waals surface area contributed by atoms with Crippen LogP contribution in [0.25, 0.3) is 0 Å². The van der Waals surface area contributed by atoms with Crippen LogP contribution in [-0.2, 0) is 0 Å². The average Bonchev–Trinajstić information content (AvgIpc) is 2.56. The van der Waals surface area contributed by atoms with Crippen LogP contribution in [0, 0.1) is 11.6 Å². The van der Waals surface area contributed by atoms with E-state index in [9.17, 15) is 8.78 Å². The number of rotatable bonds is 3. The van der Waals surface area contributed by atoms with Gasteiger partial charge >= 0.3 is 0 Å². The first-order chi connectivity index (χ1) is 9.52. The molecule has 0 radical (unpaired) electrons. The minimum atomic E-state index is -0.812. The Morgan fingerprint density at radius 2 is 2.05 bits per heavy atom. The van der Waals surface area contributed by atoms with E-state index in [0.29, 0.717) is 12.6 Å². The van der Waals surface area contributed by atoms with Crippen LogP contribution in [0.2, 0.25) is 0 Å². The molecule has 20 heavy (non-hydrogen) atoms. The Balaban J connectivity index is 2.23. The van der Waals surface area contributed by atoms with E-state index in [4.69, 9.17) is 5.73 Å². The lowest BCUT2D eigenvalue weighted by molar-refractivity contribution is 0.146. The predicted molar refractivity (Wildman–Crippen MR) is 76.4 cm³/mol. The van der Waals surface area contributed by atoms with Gasteiger partial charge in [0.2, 0.25) is 0 Å². The maximum atomic E-state index is 13.4. The SMILES string of the molecule is CC1CN(C)CCCN1C(CN)c1ccc(F)c(F)c1. The van der Waals surface area contributed by atoms with Crippen molar-refractivity contribution in [3.63, 3.8) is 0 Å². The van der Waals surface area contributed by atoms with Gasteiger partial charge in [-0.05, 0) is 44.6 Å². The molecule has 0 spiro atoms. The molecule has 0 saturated carbocycles. The third-order valence-electron chi connectivity index (χ3n) is 4.05. The summed E-state index contributed by atoms with van der Waals surface area (Å²) in [5.41, 5.74) is 6.65. The van der Waals surface area contributed by atoms with Gasteiger partial charge in [-0.2, -0.15) is 0 Å². The molecule has 2 rings (SSSR count).